The molecule has 0 aromatic rings. The van der Waals surface area contributed by atoms with E-state index in [0.717, 1.165) is 12.2 Å². The molecule has 2 atom stereocenters. The number of aliphatic hydroxyl groups is 2. The normalized spacial score (nSPS) is 29.7. The Bertz CT molecular complexity index is 269. The lowest BCUT2D eigenvalue weighted by atomic mass is 9.99. The highest BCUT2D eigenvalue weighted by Crippen LogP contribution is 2.34. The van der Waals surface area contributed by atoms with E-state index >= 15 is 0 Å². The number of halogens is 4. The number of allylic oxidation sites excluding steroid dienone is 2. The smallest absolute Gasteiger partial charge is 0.385 e. The second-order valence-corrected chi connectivity index (χ2v) is 3.48. The maximum absolute atomic E-state index is 12.1. The van der Waals surface area contributed by atoms with Crippen LogP contribution in [-0.2, 0) is 0 Å². The van der Waals surface area contributed by atoms with Gasteiger partial charge < -0.3 is 10.2 Å². The van der Waals surface area contributed by atoms with Gasteiger partial charge in [-0.05, 0) is 6.08 Å². The van der Waals surface area contributed by atoms with Crippen molar-refractivity contribution >= 4 is 15.9 Å². The highest BCUT2D eigenvalue weighted by atomic mass is 79.9. The van der Waals surface area contributed by atoms with E-state index in [1.165, 1.54) is 0 Å². The Balaban J connectivity index is 3.01. The summed E-state index contributed by atoms with van der Waals surface area (Å²) in [7, 11) is 0. The van der Waals surface area contributed by atoms with Gasteiger partial charge in [-0.25, -0.2) is 0 Å². The van der Waals surface area contributed by atoms with Gasteiger partial charge in [-0.2, -0.15) is 13.2 Å². The Morgan fingerprint density at radius 3 is 2.15 bits per heavy atom. The molecule has 0 radical (unpaired) electrons. The summed E-state index contributed by atoms with van der Waals surface area (Å²) in [6, 6.07) is 0. The Kier molecular flexibility index (Phi) is 2.84. The molecular weight excluding hydrogens is 253 g/mol. The highest BCUT2D eigenvalue weighted by Gasteiger charge is 2.42. The van der Waals surface area contributed by atoms with Gasteiger partial charge in [0.2, 0.25) is 0 Å². The molecule has 0 heterocycles. The van der Waals surface area contributed by atoms with E-state index in [-0.39, 0.29) is 4.48 Å². The van der Waals surface area contributed by atoms with Crippen molar-refractivity contribution < 1.29 is 23.4 Å². The third kappa shape index (κ3) is 2.12. The molecule has 0 aliphatic heterocycles. The molecule has 0 aromatic heterocycles. The van der Waals surface area contributed by atoms with E-state index in [1.54, 1.807) is 0 Å². The summed E-state index contributed by atoms with van der Waals surface area (Å²) < 4.78 is 36.5. The predicted octanol–water partition coefficient (Wildman–Crippen LogP) is 1.49. The number of aliphatic hydroxyl groups excluding tert-OH is 2. The van der Waals surface area contributed by atoms with Crippen molar-refractivity contribution in [2.24, 2.45) is 0 Å². The van der Waals surface area contributed by atoms with Crippen LogP contribution in [0, 0.1) is 0 Å². The zero-order valence-corrected chi connectivity index (χ0v) is 7.80. The number of alkyl halides is 3. The van der Waals surface area contributed by atoms with Crippen LogP contribution in [0.3, 0.4) is 0 Å². The van der Waals surface area contributed by atoms with Crippen molar-refractivity contribution in [3.63, 3.8) is 0 Å². The third-order valence-electron chi connectivity index (χ3n) is 1.65. The van der Waals surface area contributed by atoms with E-state index in [2.05, 4.69) is 15.9 Å². The van der Waals surface area contributed by atoms with E-state index in [0.29, 0.717) is 0 Å². The molecule has 0 amide bonds. The molecule has 0 bridgehead atoms. The van der Waals surface area contributed by atoms with Crippen LogP contribution in [-0.4, -0.2) is 28.6 Å². The quantitative estimate of drug-likeness (QED) is 0.691. The van der Waals surface area contributed by atoms with Gasteiger partial charge in [-0.3, -0.25) is 0 Å². The van der Waals surface area contributed by atoms with Crippen molar-refractivity contribution in [2.45, 2.75) is 18.4 Å². The minimum absolute atomic E-state index is 0.132. The number of rotatable bonds is 0. The molecule has 6 heteroatoms. The summed E-state index contributed by atoms with van der Waals surface area (Å²) in [5.41, 5.74) is -1.14. The standard InChI is InChI=1S/C7H6BrF3O2/c8-4-2-1-3(7(9,10)11)5(12)6(4)13/h1-2,5-6,12-13H/t5-,6+/m0/s1. The van der Waals surface area contributed by atoms with Crippen LogP contribution in [0.15, 0.2) is 22.2 Å². The maximum atomic E-state index is 12.1. The van der Waals surface area contributed by atoms with E-state index in [4.69, 9.17) is 10.2 Å². The fourth-order valence-corrected chi connectivity index (χ4v) is 1.33. The lowest BCUT2D eigenvalue weighted by Gasteiger charge is -2.25. The Labute approximate surface area is 80.5 Å². The molecule has 2 nitrogen and oxygen atoms in total. The average Bonchev–Trinajstić information content (AvgIpc) is 1.98. The lowest BCUT2D eigenvalue weighted by molar-refractivity contribution is -0.113. The van der Waals surface area contributed by atoms with E-state index in [1.807, 2.05) is 0 Å². The monoisotopic (exact) mass is 258 g/mol. The molecule has 1 rings (SSSR count). The van der Waals surface area contributed by atoms with Crippen LogP contribution in [0.1, 0.15) is 0 Å². The molecular formula is C7H6BrF3O2. The number of hydrogen-bond acceptors (Lipinski definition) is 2. The topological polar surface area (TPSA) is 40.5 Å². The predicted molar refractivity (Wildman–Crippen MR) is 43.2 cm³/mol. The van der Waals surface area contributed by atoms with Gasteiger partial charge >= 0.3 is 6.18 Å². The highest BCUT2D eigenvalue weighted by molar-refractivity contribution is 9.11. The van der Waals surface area contributed by atoms with Crippen LogP contribution >= 0.6 is 15.9 Å². The molecule has 0 unspecified atom stereocenters. The van der Waals surface area contributed by atoms with Crippen LogP contribution in [0.25, 0.3) is 0 Å². The van der Waals surface area contributed by atoms with Gasteiger partial charge in [-0.1, -0.05) is 22.0 Å². The Morgan fingerprint density at radius 2 is 1.69 bits per heavy atom. The summed E-state index contributed by atoms with van der Waals surface area (Å²) >= 11 is 2.83. The molecule has 0 aromatic carbocycles. The van der Waals surface area contributed by atoms with Gasteiger partial charge in [0, 0.05) is 4.48 Å². The molecule has 0 saturated carbocycles. The van der Waals surface area contributed by atoms with Crippen LogP contribution < -0.4 is 0 Å². The second kappa shape index (κ2) is 3.43. The maximum Gasteiger partial charge on any atom is 0.415 e. The summed E-state index contributed by atoms with van der Waals surface area (Å²) in [5, 5.41) is 18.1. The Hall–Kier alpha value is -0.330. The first-order valence-electron chi connectivity index (χ1n) is 3.34. The van der Waals surface area contributed by atoms with Gasteiger partial charge in [-0.15, -0.1) is 0 Å². The molecule has 2 N–H and O–H groups in total. The molecule has 0 saturated heterocycles. The summed E-state index contributed by atoms with van der Waals surface area (Å²) in [6.07, 6.45) is -6.26. The summed E-state index contributed by atoms with van der Waals surface area (Å²) in [5.74, 6) is 0. The molecule has 13 heavy (non-hydrogen) atoms. The third-order valence-corrected chi connectivity index (χ3v) is 2.38. The minimum atomic E-state index is -4.61. The number of hydrogen-bond donors (Lipinski definition) is 2. The first-order valence-corrected chi connectivity index (χ1v) is 4.14. The van der Waals surface area contributed by atoms with Gasteiger partial charge in [0.25, 0.3) is 0 Å². The van der Waals surface area contributed by atoms with Crippen LogP contribution in [0.2, 0.25) is 0 Å². The van der Waals surface area contributed by atoms with Gasteiger partial charge in [0.15, 0.2) is 0 Å². The van der Waals surface area contributed by atoms with Crippen molar-refractivity contribution in [1.29, 1.82) is 0 Å². The largest absolute Gasteiger partial charge is 0.415 e. The fourth-order valence-electron chi connectivity index (χ4n) is 0.950. The molecule has 74 valence electrons. The van der Waals surface area contributed by atoms with E-state index < -0.39 is 24.0 Å². The van der Waals surface area contributed by atoms with Crippen LogP contribution in [0.5, 0.6) is 0 Å². The van der Waals surface area contributed by atoms with E-state index in [9.17, 15) is 13.2 Å². The van der Waals surface area contributed by atoms with Crippen molar-refractivity contribution in [3.05, 3.63) is 22.2 Å². The zero-order chi connectivity index (χ0) is 10.2. The molecule has 1 aliphatic carbocycles. The lowest BCUT2D eigenvalue weighted by Crippen LogP contribution is -2.36. The average molecular weight is 259 g/mol. The first kappa shape index (κ1) is 10.7. The van der Waals surface area contributed by atoms with Crippen molar-refractivity contribution in [3.8, 4) is 0 Å². The summed E-state index contributed by atoms with van der Waals surface area (Å²) in [4.78, 5) is 0. The van der Waals surface area contributed by atoms with Gasteiger partial charge in [0.1, 0.15) is 12.2 Å². The zero-order valence-electron chi connectivity index (χ0n) is 6.22. The Morgan fingerprint density at radius 1 is 1.15 bits per heavy atom. The molecule has 0 spiro atoms. The molecule has 0 fully saturated rings. The SMILES string of the molecule is O[C@@H]1C(Br)=CC=C(C(F)(F)F)[C@@H]1O. The van der Waals surface area contributed by atoms with Crippen molar-refractivity contribution in [1.82, 2.24) is 0 Å². The summed E-state index contributed by atoms with van der Waals surface area (Å²) in [6.45, 7) is 0. The van der Waals surface area contributed by atoms with Gasteiger partial charge in [0.05, 0.1) is 5.57 Å². The fraction of sp³-hybridized carbons (Fsp3) is 0.429. The molecule has 1 aliphatic rings. The van der Waals surface area contributed by atoms with Crippen LogP contribution in [0.4, 0.5) is 13.2 Å². The van der Waals surface area contributed by atoms with Crippen molar-refractivity contribution in [2.75, 3.05) is 0 Å². The first-order chi connectivity index (χ1) is 5.84. The minimum Gasteiger partial charge on any atom is -0.385 e. The second-order valence-electron chi connectivity index (χ2n) is 2.56.